The number of nitrogens with one attached hydrogen (secondary N) is 1. The first-order valence-electron chi connectivity index (χ1n) is 5.60. The average Bonchev–Trinajstić information content (AvgIpc) is 2.70. The molecule has 2 rings (SSSR count). The molecule has 0 aromatic carbocycles. The molecular formula is C12H17N5. The Morgan fingerprint density at radius 1 is 1.41 bits per heavy atom. The molecule has 0 saturated carbocycles. The lowest BCUT2D eigenvalue weighted by Gasteiger charge is -2.08. The van der Waals surface area contributed by atoms with Crippen molar-refractivity contribution >= 4 is 11.5 Å². The third-order valence-electron chi connectivity index (χ3n) is 2.65. The summed E-state index contributed by atoms with van der Waals surface area (Å²) in [4.78, 5) is 4.21. The van der Waals surface area contributed by atoms with Gasteiger partial charge in [0.05, 0.1) is 11.4 Å². The third kappa shape index (κ3) is 2.75. The first kappa shape index (κ1) is 11.4. The molecule has 0 amide bonds. The van der Waals surface area contributed by atoms with Crippen molar-refractivity contribution < 1.29 is 0 Å². The summed E-state index contributed by atoms with van der Waals surface area (Å²) in [6.07, 6.45) is 4.55. The minimum Gasteiger partial charge on any atom is -0.396 e. The van der Waals surface area contributed by atoms with Crippen LogP contribution in [0, 0.1) is 6.92 Å². The molecule has 90 valence electrons. The minimum absolute atomic E-state index is 0.716. The highest BCUT2D eigenvalue weighted by Crippen LogP contribution is 2.18. The number of nitrogens with two attached hydrogens (primary N) is 1. The monoisotopic (exact) mass is 231 g/mol. The molecule has 0 atom stereocenters. The fraction of sp³-hybridized carbons (Fsp3) is 0.333. The van der Waals surface area contributed by atoms with Crippen LogP contribution in [0.15, 0.2) is 24.5 Å². The Labute approximate surface area is 101 Å². The van der Waals surface area contributed by atoms with Gasteiger partial charge in [-0.1, -0.05) is 0 Å². The van der Waals surface area contributed by atoms with Gasteiger partial charge in [0.2, 0.25) is 0 Å². The number of rotatable bonds is 4. The maximum Gasteiger partial charge on any atom is 0.149 e. The van der Waals surface area contributed by atoms with Crippen molar-refractivity contribution in [2.24, 2.45) is 7.05 Å². The largest absolute Gasteiger partial charge is 0.396 e. The predicted molar refractivity (Wildman–Crippen MR) is 68.8 cm³/mol. The molecule has 0 bridgehead atoms. The third-order valence-corrected chi connectivity index (χ3v) is 2.65. The van der Waals surface area contributed by atoms with Crippen LogP contribution in [0.1, 0.15) is 11.3 Å². The Hall–Kier alpha value is -2.04. The van der Waals surface area contributed by atoms with Crippen molar-refractivity contribution in [3.8, 4) is 0 Å². The van der Waals surface area contributed by atoms with E-state index in [1.807, 2.05) is 32.3 Å². The lowest BCUT2D eigenvalue weighted by atomic mass is 10.2. The second-order valence-electron chi connectivity index (χ2n) is 4.05. The molecule has 0 aliphatic carbocycles. The van der Waals surface area contributed by atoms with Crippen LogP contribution in [-0.4, -0.2) is 21.3 Å². The Balaban J connectivity index is 1.92. The summed E-state index contributed by atoms with van der Waals surface area (Å²) in [6.45, 7) is 2.75. The van der Waals surface area contributed by atoms with Gasteiger partial charge in [-0.25, -0.2) is 4.98 Å². The molecule has 2 heterocycles. The van der Waals surface area contributed by atoms with Crippen LogP contribution in [0.5, 0.6) is 0 Å². The summed E-state index contributed by atoms with van der Waals surface area (Å²) in [5.41, 5.74) is 8.74. The molecule has 0 radical (unpaired) electrons. The second-order valence-corrected chi connectivity index (χ2v) is 4.05. The van der Waals surface area contributed by atoms with Gasteiger partial charge in [0.1, 0.15) is 5.82 Å². The zero-order chi connectivity index (χ0) is 12.3. The Kier molecular flexibility index (Phi) is 3.27. The van der Waals surface area contributed by atoms with Gasteiger partial charge in [-0.05, 0) is 24.6 Å². The van der Waals surface area contributed by atoms with Crippen molar-refractivity contribution in [2.75, 3.05) is 17.6 Å². The van der Waals surface area contributed by atoms with E-state index in [0.29, 0.717) is 5.69 Å². The first-order valence-corrected chi connectivity index (χ1v) is 5.60. The molecule has 2 aromatic rings. The van der Waals surface area contributed by atoms with E-state index in [9.17, 15) is 0 Å². The molecule has 5 heteroatoms. The van der Waals surface area contributed by atoms with Crippen LogP contribution in [-0.2, 0) is 13.5 Å². The Bertz CT molecular complexity index is 503. The number of nitrogens with zero attached hydrogens (tertiary/aromatic N) is 3. The number of hydrogen-bond acceptors (Lipinski definition) is 4. The number of aromatic nitrogens is 3. The van der Waals surface area contributed by atoms with Crippen LogP contribution in [0.2, 0.25) is 0 Å². The summed E-state index contributed by atoms with van der Waals surface area (Å²) in [6, 6.07) is 3.91. The lowest BCUT2D eigenvalue weighted by Crippen LogP contribution is -2.09. The van der Waals surface area contributed by atoms with Crippen molar-refractivity contribution in [1.82, 2.24) is 14.8 Å². The van der Waals surface area contributed by atoms with E-state index in [1.165, 1.54) is 0 Å². The quantitative estimate of drug-likeness (QED) is 0.833. The summed E-state index contributed by atoms with van der Waals surface area (Å²) in [7, 11) is 1.91. The fourth-order valence-corrected chi connectivity index (χ4v) is 1.62. The van der Waals surface area contributed by atoms with Crippen molar-refractivity contribution in [3.05, 3.63) is 35.8 Å². The lowest BCUT2D eigenvalue weighted by molar-refractivity contribution is 0.742. The molecule has 0 unspecified atom stereocenters. The number of pyridine rings is 1. The molecule has 17 heavy (non-hydrogen) atoms. The SMILES string of the molecule is Cc1ccnc(NCCc2ccn(C)n2)c1N. The van der Waals surface area contributed by atoms with E-state index in [2.05, 4.69) is 15.4 Å². The number of hydrogen-bond donors (Lipinski definition) is 2. The van der Waals surface area contributed by atoms with Gasteiger partial charge >= 0.3 is 0 Å². The summed E-state index contributed by atoms with van der Waals surface area (Å²) in [5, 5.41) is 7.53. The topological polar surface area (TPSA) is 68.8 Å². The van der Waals surface area contributed by atoms with E-state index in [-0.39, 0.29) is 0 Å². The molecule has 0 aliphatic rings. The minimum atomic E-state index is 0.716. The summed E-state index contributed by atoms with van der Waals surface area (Å²) < 4.78 is 1.80. The van der Waals surface area contributed by atoms with Gasteiger partial charge < -0.3 is 11.1 Å². The Morgan fingerprint density at radius 2 is 2.24 bits per heavy atom. The smallest absolute Gasteiger partial charge is 0.149 e. The van der Waals surface area contributed by atoms with Crippen molar-refractivity contribution in [2.45, 2.75) is 13.3 Å². The molecule has 3 N–H and O–H groups in total. The van der Waals surface area contributed by atoms with Gasteiger partial charge in [0.25, 0.3) is 0 Å². The van der Waals surface area contributed by atoms with Gasteiger partial charge in [0.15, 0.2) is 0 Å². The first-order chi connectivity index (χ1) is 8.16. The van der Waals surface area contributed by atoms with Gasteiger partial charge in [-0.15, -0.1) is 0 Å². The zero-order valence-electron chi connectivity index (χ0n) is 10.1. The van der Waals surface area contributed by atoms with Crippen molar-refractivity contribution in [3.63, 3.8) is 0 Å². The highest BCUT2D eigenvalue weighted by Gasteiger charge is 2.02. The average molecular weight is 231 g/mol. The van der Waals surface area contributed by atoms with Crippen molar-refractivity contribution in [1.29, 1.82) is 0 Å². The van der Waals surface area contributed by atoms with Crippen LogP contribution in [0.3, 0.4) is 0 Å². The van der Waals surface area contributed by atoms with Gasteiger partial charge in [-0.3, -0.25) is 4.68 Å². The highest BCUT2D eigenvalue weighted by atomic mass is 15.2. The zero-order valence-corrected chi connectivity index (χ0v) is 10.1. The second kappa shape index (κ2) is 4.86. The van der Waals surface area contributed by atoms with E-state index in [4.69, 9.17) is 5.73 Å². The predicted octanol–water partition coefficient (Wildman–Crippen LogP) is 1.36. The van der Waals surface area contributed by atoms with Gasteiger partial charge in [-0.2, -0.15) is 5.10 Å². The number of aryl methyl sites for hydroxylation is 2. The molecular weight excluding hydrogens is 214 g/mol. The highest BCUT2D eigenvalue weighted by molar-refractivity contribution is 5.64. The fourth-order valence-electron chi connectivity index (χ4n) is 1.62. The molecule has 0 saturated heterocycles. The van der Waals surface area contributed by atoms with Crippen LogP contribution in [0.25, 0.3) is 0 Å². The van der Waals surface area contributed by atoms with Gasteiger partial charge in [0, 0.05) is 32.4 Å². The van der Waals surface area contributed by atoms with Crippen LogP contribution >= 0.6 is 0 Å². The normalized spacial score (nSPS) is 10.5. The summed E-state index contributed by atoms with van der Waals surface area (Å²) >= 11 is 0. The molecule has 0 aliphatic heterocycles. The van der Waals surface area contributed by atoms with Crippen LogP contribution < -0.4 is 11.1 Å². The Morgan fingerprint density at radius 3 is 2.94 bits per heavy atom. The van der Waals surface area contributed by atoms with Crippen LogP contribution in [0.4, 0.5) is 11.5 Å². The van der Waals surface area contributed by atoms with E-state index >= 15 is 0 Å². The molecule has 0 fully saturated rings. The van der Waals surface area contributed by atoms with E-state index < -0.39 is 0 Å². The maximum atomic E-state index is 5.92. The van der Waals surface area contributed by atoms with E-state index in [0.717, 1.165) is 30.0 Å². The number of nitrogen functional groups attached to an aromatic ring is 1. The summed E-state index contributed by atoms with van der Waals surface area (Å²) in [5.74, 6) is 0.751. The standard InChI is InChI=1S/C12H17N5/c1-9-3-6-14-12(11(9)13)15-7-4-10-5-8-17(2)16-10/h3,5-6,8H,4,7,13H2,1-2H3,(H,14,15). The molecule has 5 nitrogen and oxygen atoms in total. The molecule has 2 aromatic heterocycles. The molecule has 0 spiro atoms. The van der Waals surface area contributed by atoms with E-state index in [1.54, 1.807) is 10.9 Å². The number of anilines is 2. The maximum absolute atomic E-state index is 5.92.